The molecule has 0 saturated heterocycles. The summed E-state index contributed by atoms with van der Waals surface area (Å²) in [5.41, 5.74) is 1.39. The molecule has 0 N–H and O–H groups in total. The van der Waals surface area contributed by atoms with E-state index in [9.17, 15) is 17.2 Å². The van der Waals surface area contributed by atoms with Crippen molar-refractivity contribution in [1.82, 2.24) is 4.31 Å². The molecule has 0 aliphatic carbocycles. The molecule has 0 radical (unpaired) electrons. The van der Waals surface area contributed by atoms with Crippen LogP contribution < -0.4 is 0 Å². The molecule has 3 aromatic rings. The molecular formula is C20H17F2NO2S. The predicted octanol–water partition coefficient (Wildman–Crippen LogP) is 4.37. The number of rotatable bonds is 5. The first kappa shape index (κ1) is 18.2. The Labute approximate surface area is 151 Å². The Morgan fingerprint density at radius 3 is 1.58 bits per heavy atom. The molecular weight excluding hydrogens is 356 g/mol. The second-order valence-corrected chi connectivity index (χ2v) is 7.73. The van der Waals surface area contributed by atoms with Crippen molar-refractivity contribution < 1.29 is 17.2 Å². The van der Waals surface area contributed by atoms with Crippen molar-refractivity contribution in [1.29, 1.82) is 0 Å². The van der Waals surface area contributed by atoms with Crippen LogP contribution in [0.1, 0.15) is 17.2 Å². The van der Waals surface area contributed by atoms with Crippen molar-refractivity contribution in [2.75, 3.05) is 7.05 Å². The molecule has 0 saturated carbocycles. The lowest BCUT2D eigenvalue weighted by Crippen LogP contribution is -2.33. The molecule has 0 fully saturated rings. The zero-order valence-electron chi connectivity index (χ0n) is 14.0. The quantitative estimate of drug-likeness (QED) is 0.666. The number of halogens is 2. The lowest BCUT2D eigenvalue weighted by atomic mass is 9.99. The van der Waals surface area contributed by atoms with Crippen molar-refractivity contribution in [3.05, 3.63) is 102 Å². The molecule has 3 aromatic carbocycles. The van der Waals surface area contributed by atoms with Gasteiger partial charge in [-0.25, -0.2) is 17.2 Å². The molecule has 26 heavy (non-hydrogen) atoms. The molecule has 0 heterocycles. The highest BCUT2D eigenvalue weighted by molar-refractivity contribution is 7.89. The predicted molar refractivity (Wildman–Crippen MR) is 96.0 cm³/mol. The van der Waals surface area contributed by atoms with Gasteiger partial charge in [0.1, 0.15) is 11.6 Å². The van der Waals surface area contributed by atoms with E-state index in [1.54, 1.807) is 48.5 Å². The van der Waals surface area contributed by atoms with Crippen molar-refractivity contribution in [3.63, 3.8) is 0 Å². The normalized spacial score (nSPS) is 11.9. The smallest absolute Gasteiger partial charge is 0.207 e. The molecule has 0 atom stereocenters. The van der Waals surface area contributed by atoms with E-state index in [1.807, 2.05) is 12.1 Å². The van der Waals surface area contributed by atoms with Crippen molar-refractivity contribution >= 4 is 10.0 Å². The number of hydrogen-bond acceptors (Lipinski definition) is 2. The zero-order valence-corrected chi connectivity index (χ0v) is 14.8. The van der Waals surface area contributed by atoms with Crippen LogP contribution in [0.5, 0.6) is 0 Å². The van der Waals surface area contributed by atoms with E-state index < -0.39 is 32.6 Å². The van der Waals surface area contributed by atoms with E-state index >= 15 is 0 Å². The summed E-state index contributed by atoms with van der Waals surface area (Å²) in [4.78, 5) is -0.945. The Balaban J connectivity index is 2.16. The SMILES string of the molecule is CN(C(c1ccccc1)c1ccccc1)S(=O)(=O)c1c(F)cccc1F. The van der Waals surface area contributed by atoms with Crippen LogP contribution in [0, 0.1) is 11.6 Å². The van der Waals surface area contributed by atoms with Gasteiger partial charge in [0.05, 0.1) is 6.04 Å². The molecule has 3 nitrogen and oxygen atoms in total. The molecule has 0 spiro atoms. The largest absolute Gasteiger partial charge is 0.249 e. The van der Waals surface area contributed by atoms with Crippen molar-refractivity contribution in [3.8, 4) is 0 Å². The average Bonchev–Trinajstić information content (AvgIpc) is 2.63. The first-order chi connectivity index (χ1) is 12.4. The fourth-order valence-electron chi connectivity index (χ4n) is 2.89. The van der Waals surface area contributed by atoms with Gasteiger partial charge in [-0.3, -0.25) is 0 Å². The van der Waals surface area contributed by atoms with E-state index in [0.29, 0.717) is 11.1 Å². The van der Waals surface area contributed by atoms with Gasteiger partial charge in [-0.2, -0.15) is 4.31 Å². The third-order valence-corrected chi connectivity index (χ3v) is 6.03. The molecule has 0 bridgehead atoms. The molecule has 0 aliphatic heterocycles. The van der Waals surface area contributed by atoms with Gasteiger partial charge < -0.3 is 0 Å². The first-order valence-electron chi connectivity index (χ1n) is 7.95. The van der Waals surface area contributed by atoms with Gasteiger partial charge in [0.25, 0.3) is 0 Å². The third-order valence-electron chi connectivity index (χ3n) is 4.15. The molecule has 0 aliphatic rings. The van der Waals surface area contributed by atoms with Crippen LogP contribution >= 0.6 is 0 Å². The number of sulfonamides is 1. The Bertz CT molecular complexity index is 933. The van der Waals surface area contributed by atoms with Crippen molar-refractivity contribution in [2.24, 2.45) is 0 Å². The average molecular weight is 373 g/mol. The zero-order chi connectivity index (χ0) is 18.7. The Kier molecular flexibility index (Phi) is 5.15. The fraction of sp³-hybridized carbons (Fsp3) is 0.100. The van der Waals surface area contributed by atoms with E-state index in [4.69, 9.17) is 0 Å². The summed E-state index contributed by atoms with van der Waals surface area (Å²) in [6.07, 6.45) is 0. The summed E-state index contributed by atoms with van der Waals surface area (Å²) in [6.45, 7) is 0. The van der Waals surface area contributed by atoms with Gasteiger partial charge in [0.2, 0.25) is 10.0 Å². The van der Waals surface area contributed by atoms with Gasteiger partial charge in [-0.1, -0.05) is 66.7 Å². The summed E-state index contributed by atoms with van der Waals surface area (Å²) in [5, 5.41) is 0. The standard InChI is InChI=1S/C20H17F2NO2S/c1-23(26(24,25)20-17(21)13-8-14-18(20)22)19(15-9-4-2-5-10-15)16-11-6-3-7-12-16/h2-14,19H,1H3. The van der Waals surface area contributed by atoms with E-state index in [0.717, 1.165) is 22.5 Å². The van der Waals surface area contributed by atoms with Gasteiger partial charge in [-0.05, 0) is 23.3 Å². The van der Waals surface area contributed by atoms with Gasteiger partial charge in [0.15, 0.2) is 4.90 Å². The van der Waals surface area contributed by atoms with E-state index in [1.165, 1.54) is 7.05 Å². The molecule has 0 unspecified atom stereocenters. The molecule has 134 valence electrons. The second-order valence-electron chi connectivity index (χ2n) is 5.80. The number of hydrogen-bond donors (Lipinski definition) is 0. The third kappa shape index (κ3) is 3.38. The summed E-state index contributed by atoms with van der Waals surface area (Å²) >= 11 is 0. The van der Waals surface area contributed by atoms with E-state index in [-0.39, 0.29) is 0 Å². The van der Waals surface area contributed by atoms with Crippen LogP contribution in [-0.4, -0.2) is 19.8 Å². The summed E-state index contributed by atoms with van der Waals surface area (Å²) in [7, 11) is -3.09. The minimum Gasteiger partial charge on any atom is -0.207 e. The highest BCUT2D eigenvalue weighted by Gasteiger charge is 2.34. The van der Waals surface area contributed by atoms with E-state index in [2.05, 4.69) is 0 Å². The molecule has 0 aromatic heterocycles. The van der Waals surface area contributed by atoms with Crippen LogP contribution in [-0.2, 0) is 10.0 Å². The van der Waals surface area contributed by atoms with Crippen LogP contribution in [0.4, 0.5) is 8.78 Å². The van der Waals surface area contributed by atoms with Gasteiger partial charge in [0, 0.05) is 7.05 Å². The Morgan fingerprint density at radius 2 is 1.15 bits per heavy atom. The lowest BCUT2D eigenvalue weighted by Gasteiger charge is -2.28. The fourth-order valence-corrected chi connectivity index (χ4v) is 4.33. The highest BCUT2D eigenvalue weighted by Crippen LogP contribution is 2.33. The number of benzene rings is 3. The summed E-state index contributed by atoms with van der Waals surface area (Å²) < 4.78 is 55.3. The summed E-state index contributed by atoms with van der Waals surface area (Å²) in [6, 6.07) is 20.2. The van der Waals surface area contributed by atoms with Crippen LogP contribution in [0.15, 0.2) is 83.8 Å². The second kappa shape index (κ2) is 7.35. The Morgan fingerprint density at radius 1 is 0.731 bits per heavy atom. The van der Waals surface area contributed by atoms with Gasteiger partial charge in [-0.15, -0.1) is 0 Å². The van der Waals surface area contributed by atoms with Crippen LogP contribution in [0.3, 0.4) is 0 Å². The van der Waals surface area contributed by atoms with Crippen LogP contribution in [0.25, 0.3) is 0 Å². The Hall–Kier alpha value is -2.57. The van der Waals surface area contributed by atoms with Gasteiger partial charge >= 0.3 is 0 Å². The minimum atomic E-state index is -4.41. The number of nitrogens with zero attached hydrogens (tertiary/aromatic N) is 1. The molecule has 6 heteroatoms. The summed E-state index contributed by atoms with van der Waals surface area (Å²) in [5.74, 6) is -2.23. The lowest BCUT2D eigenvalue weighted by molar-refractivity contribution is 0.408. The monoisotopic (exact) mass is 373 g/mol. The maximum absolute atomic E-state index is 14.1. The van der Waals surface area contributed by atoms with Crippen LogP contribution in [0.2, 0.25) is 0 Å². The molecule has 0 amide bonds. The van der Waals surface area contributed by atoms with Crippen molar-refractivity contribution in [2.45, 2.75) is 10.9 Å². The highest BCUT2D eigenvalue weighted by atomic mass is 32.2. The maximum Gasteiger partial charge on any atom is 0.249 e. The molecule has 3 rings (SSSR count). The first-order valence-corrected chi connectivity index (χ1v) is 9.39. The maximum atomic E-state index is 14.1. The minimum absolute atomic E-state index is 0.696. The topological polar surface area (TPSA) is 37.4 Å².